The number of benzene rings is 1. The lowest BCUT2D eigenvalue weighted by Gasteiger charge is -2.22. The average Bonchev–Trinajstić information content (AvgIpc) is 3.73. The molecule has 2 fully saturated rings. The minimum Gasteiger partial charge on any atom is -0.369 e. The van der Waals surface area contributed by atoms with Gasteiger partial charge < -0.3 is 14.6 Å². The van der Waals surface area contributed by atoms with E-state index in [9.17, 15) is 5.11 Å². The van der Waals surface area contributed by atoms with Crippen molar-refractivity contribution >= 4 is 5.82 Å². The summed E-state index contributed by atoms with van der Waals surface area (Å²) in [6.45, 7) is 0.615. The van der Waals surface area contributed by atoms with Crippen LogP contribution in [0.2, 0.25) is 0 Å². The number of rotatable bonds is 5. The highest BCUT2D eigenvalue weighted by atomic mass is 16.3. The van der Waals surface area contributed by atoms with Gasteiger partial charge in [-0.2, -0.15) is 5.10 Å². The van der Waals surface area contributed by atoms with E-state index in [1.165, 1.54) is 12.8 Å². The molecule has 8 heteroatoms. The monoisotopic (exact) mass is 425 g/mol. The van der Waals surface area contributed by atoms with Gasteiger partial charge in [-0.25, -0.2) is 4.98 Å². The van der Waals surface area contributed by atoms with Crippen molar-refractivity contribution in [2.45, 2.75) is 50.5 Å². The molecule has 1 aromatic carbocycles. The molecule has 2 saturated carbocycles. The van der Waals surface area contributed by atoms with Crippen LogP contribution in [0.25, 0.3) is 22.6 Å². The Labute approximate surface area is 185 Å². The Morgan fingerprint density at radius 2 is 1.84 bits per heavy atom. The summed E-state index contributed by atoms with van der Waals surface area (Å²) in [7, 11) is 0. The van der Waals surface area contributed by atoms with Crippen LogP contribution in [0.1, 0.15) is 55.1 Å². The molecule has 0 amide bonds. The van der Waals surface area contributed by atoms with Gasteiger partial charge in [0, 0.05) is 29.9 Å². The summed E-state index contributed by atoms with van der Waals surface area (Å²) in [5.74, 6) is 1.52. The van der Waals surface area contributed by atoms with Crippen molar-refractivity contribution < 1.29 is 5.11 Å². The standard InChI is InChI=1S/C24H23N7O/c32-24-20-10-15(17-11-26-31(13-17)19-8-9-19)4-5-16(20)12-29(24)22-3-1-2-21(27-22)23-28-25-14-30(23)18-6-7-18/h1-5,10-11,13-14,18-19,24,32H,6-9,12H2. The normalized spacial score (nSPS) is 20.0. The third kappa shape index (κ3) is 2.94. The number of hydrogen-bond donors (Lipinski definition) is 1. The fraction of sp³-hybridized carbons (Fsp3) is 0.333. The van der Waals surface area contributed by atoms with Crippen molar-refractivity contribution in [1.29, 1.82) is 0 Å². The van der Waals surface area contributed by atoms with Crippen LogP contribution >= 0.6 is 0 Å². The van der Waals surface area contributed by atoms with Gasteiger partial charge in [0.1, 0.15) is 17.8 Å². The maximum atomic E-state index is 11.2. The van der Waals surface area contributed by atoms with Crippen molar-refractivity contribution in [3.63, 3.8) is 0 Å². The van der Waals surface area contributed by atoms with Crippen molar-refractivity contribution in [2.24, 2.45) is 0 Å². The molecular formula is C24H23N7O. The third-order valence-corrected chi connectivity index (χ3v) is 6.69. The molecule has 1 atom stereocenters. The predicted molar refractivity (Wildman–Crippen MR) is 119 cm³/mol. The van der Waals surface area contributed by atoms with Gasteiger partial charge in [0.25, 0.3) is 0 Å². The number of pyridine rings is 1. The summed E-state index contributed by atoms with van der Waals surface area (Å²) in [6.07, 6.45) is 9.81. The van der Waals surface area contributed by atoms with Crippen molar-refractivity contribution in [3.05, 3.63) is 66.2 Å². The Balaban J connectivity index is 1.19. The van der Waals surface area contributed by atoms with Crippen molar-refractivity contribution in [3.8, 4) is 22.6 Å². The molecule has 1 unspecified atom stereocenters. The van der Waals surface area contributed by atoms with Crippen LogP contribution in [0.5, 0.6) is 0 Å². The second kappa shape index (κ2) is 6.74. The van der Waals surface area contributed by atoms with E-state index in [0.29, 0.717) is 18.6 Å². The quantitative estimate of drug-likeness (QED) is 0.522. The number of anilines is 1. The van der Waals surface area contributed by atoms with Gasteiger partial charge in [-0.05, 0) is 55.0 Å². The molecular weight excluding hydrogens is 402 g/mol. The van der Waals surface area contributed by atoms with E-state index >= 15 is 0 Å². The SMILES string of the molecule is OC1c2cc(-c3cnn(C4CC4)c3)ccc2CN1c1cccc(-c2nncn2C2CC2)n1. The zero-order valence-corrected chi connectivity index (χ0v) is 17.5. The molecule has 8 nitrogen and oxygen atoms in total. The average molecular weight is 425 g/mol. The summed E-state index contributed by atoms with van der Waals surface area (Å²) in [6, 6.07) is 13.2. The number of aromatic nitrogens is 6. The molecule has 0 radical (unpaired) electrons. The predicted octanol–water partition coefficient (Wildman–Crippen LogP) is 3.88. The van der Waals surface area contributed by atoms with E-state index in [0.717, 1.165) is 52.4 Å². The molecule has 1 N–H and O–H groups in total. The highest BCUT2D eigenvalue weighted by Gasteiger charge is 2.31. The zero-order valence-electron chi connectivity index (χ0n) is 17.5. The van der Waals surface area contributed by atoms with Gasteiger partial charge >= 0.3 is 0 Å². The molecule has 0 saturated heterocycles. The molecule has 32 heavy (non-hydrogen) atoms. The lowest BCUT2D eigenvalue weighted by molar-refractivity contribution is 0.181. The van der Waals surface area contributed by atoms with E-state index in [-0.39, 0.29) is 0 Å². The molecule has 0 bridgehead atoms. The Kier molecular flexibility index (Phi) is 3.81. The van der Waals surface area contributed by atoms with Gasteiger partial charge in [0.2, 0.25) is 0 Å². The molecule has 1 aliphatic heterocycles. The van der Waals surface area contributed by atoms with E-state index in [1.807, 2.05) is 29.3 Å². The lowest BCUT2D eigenvalue weighted by atomic mass is 10.0. The first-order valence-corrected chi connectivity index (χ1v) is 11.2. The Morgan fingerprint density at radius 3 is 2.69 bits per heavy atom. The molecule has 0 spiro atoms. The molecule has 4 heterocycles. The first-order valence-electron chi connectivity index (χ1n) is 11.2. The molecule has 160 valence electrons. The summed E-state index contributed by atoms with van der Waals surface area (Å²) in [5.41, 5.74) is 4.99. The Bertz CT molecular complexity index is 1320. The van der Waals surface area contributed by atoms with Crippen LogP contribution in [-0.2, 0) is 6.54 Å². The summed E-state index contributed by atoms with van der Waals surface area (Å²) < 4.78 is 4.16. The fourth-order valence-electron chi connectivity index (χ4n) is 4.58. The lowest BCUT2D eigenvalue weighted by Crippen LogP contribution is -2.22. The molecule has 4 aromatic rings. The minimum atomic E-state index is -0.743. The maximum Gasteiger partial charge on any atom is 0.182 e. The van der Waals surface area contributed by atoms with E-state index in [1.54, 1.807) is 6.33 Å². The van der Waals surface area contributed by atoms with Crippen LogP contribution in [0.3, 0.4) is 0 Å². The Hall–Kier alpha value is -3.52. The van der Waals surface area contributed by atoms with Crippen LogP contribution < -0.4 is 4.90 Å². The summed E-state index contributed by atoms with van der Waals surface area (Å²) in [5, 5.41) is 24.1. The summed E-state index contributed by atoms with van der Waals surface area (Å²) in [4.78, 5) is 6.77. The Morgan fingerprint density at radius 1 is 0.969 bits per heavy atom. The zero-order chi connectivity index (χ0) is 21.2. The number of nitrogens with zero attached hydrogens (tertiary/aromatic N) is 7. The largest absolute Gasteiger partial charge is 0.369 e. The highest BCUT2D eigenvalue weighted by molar-refractivity contribution is 5.66. The maximum absolute atomic E-state index is 11.2. The van der Waals surface area contributed by atoms with Gasteiger partial charge in [-0.1, -0.05) is 18.2 Å². The van der Waals surface area contributed by atoms with Gasteiger partial charge in [0.15, 0.2) is 12.1 Å². The van der Waals surface area contributed by atoms with E-state index in [4.69, 9.17) is 4.98 Å². The van der Waals surface area contributed by atoms with Crippen LogP contribution in [0.4, 0.5) is 5.82 Å². The first-order chi connectivity index (χ1) is 15.7. The molecule has 7 rings (SSSR count). The minimum absolute atomic E-state index is 0.481. The third-order valence-electron chi connectivity index (χ3n) is 6.69. The van der Waals surface area contributed by atoms with E-state index in [2.05, 4.69) is 48.9 Å². The van der Waals surface area contributed by atoms with Crippen LogP contribution in [-0.4, -0.2) is 34.6 Å². The number of aliphatic hydroxyl groups excluding tert-OH is 1. The smallest absolute Gasteiger partial charge is 0.182 e. The number of fused-ring (bicyclic) bond motifs is 1. The second-order valence-corrected chi connectivity index (χ2v) is 9.03. The van der Waals surface area contributed by atoms with Gasteiger partial charge in [-0.3, -0.25) is 4.68 Å². The highest BCUT2D eigenvalue weighted by Crippen LogP contribution is 2.40. The van der Waals surface area contributed by atoms with Crippen molar-refractivity contribution in [2.75, 3.05) is 4.90 Å². The van der Waals surface area contributed by atoms with Gasteiger partial charge in [-0.15, -0.1) is 10.2 Å². The molecule has 2 aliphatic carbocycles. The van der Waals surface area contributed by atoms with Crippen LogP contribution in [0.15, 0.2) is 55.1 Å². The van der Waals surface area contributed by atoms with Crippen LogP contribution in [0, 0.1) is 0 Å². The summed E-state index contributed by atoms with van der Waals surface area (Å²) >= 11 is 0. The molecule has 3 aliphatic rings. The number of aliphatic hydroxyl groups is 1. The van der Waals surface area contributed by atoms with Gasteiger partial charge in [0.05, 0.1) is 12.2 Å². The van der Waals surface area contributed by atoms with Crippen molar-refractivity contribution in [1.82, 2.24) is 29.5 Å². The fourth-order valence-corrected chi connectivity index (χ4v) is 4.58. The van der Waals surface area contributed by atoms with E-state index < -0.39 is 6.23 Å². The molecule has 3 aromatic heterocycles. The first kappa shape index (κ1) is 18.1. The topological polar surface area (TPSA) is 84.9 Å². The number of hydrogen-bond acceptors (Lipinski definition) is 6. The second-order valence-electron chi connectivity index (χ2n) is 9.03.